The normalized spacial score (nSPS) is 16.5. The van der Waals surface area contributed by atoms with E-state index in [0.717, 1.165) is 24.8 Å². The number of allylic oxidation sites excluding steroid dienone is 2. The second kappa shape index (κ2) is 7.82. The number of amides is 1. The molecule has 1 aliphatic carbocycles. The lowest BCUT2D eigenvalue weighted by Gasteiger charge is -2.11. The standard InChI is InChI=1S/C18H18N8O2/c19-16-17(24-28-23-16)26-15(14(21-25-26)13-9-5-2-6-10-13)18(27)22-20-11-12-7-3-1-4-8-12/h1-3,5-6,9-12H,4,7-8H2,(H2,19,23)(H,22,27). The van der Waals surface area contributed by atoms with E-state index in [1.54, 1.807) is 6.21 Å². The quantitative estimate of drug-likeness (QED) is 0.393. The third-order valence-corrected chi connectivity index (χ3v) is 4.39. The summed E-state index contributed by atoms with van der Waals surface area (Å²) in [5.74, 6) is -0.108. The van der Waals surface area contributed by atoms with Crippen LogP contribution in [0.15, 0.2) is 52.2 Å². The maximum atomic E-state index is 12.9. The number of nitrogens with one attached hydrogen (secondary N) is 1. The van der Waals surface area contributed by atoms with Gasteiger partial charge in [0.1, 0.15) is 5.69 Å². The molecule has 1 aliphatic rings. The molecule has 3 aromatic rings. The van der Waals surface area contributed by atoms with Crippen molar-refractivity contribution in [2.24, 2.45) is 11.0 Å². The minimum Gasteiger partial charge on any atom is -0.378 e. The number of hydrazone groups is 1. The Kier molecular flexibility index (Phi) is 4.91. The summed E-state index contributed by atoms with van der Waals surface area (Å²) in [6.07, 6.45) is 8.95. The maximum absolute atomic E-state index is 12.9. The second-order valence-corrected chi connectivity index (χ2v) is 6.30. The number of rotatable bonds is 5. The van der Waals surface area contributed by atoms with E-state index >= 15 is 0 Å². The number of aromatic nitrogens is 5. The van der Waals surface area contributed by atoms with Gasteiger partial charge in [0, 0.05) is 11.8 Å². The van der Waals surface area contributed by atoms with E-state index in [1.165, 1.54) is 4.68 Å². The van der Waals surface area contributed by atoms with Crippen molar-refractivity contribution in [2.75, 3.05) is 5.73 Å². The molecule has 0 fully saturated rings. The molecule has 0 saturated heterocycles. The van der Waals surface area contributed by atoms with Gasteiger partial charge in [-0.15, -0.1) is 5.10 Å². The van der Waals surface area contributed by atoms with Crippen molar-refractivity contribution in [1.82, 2.24) is 30.7 Å². The Balaban J connectivity index is 1.66. The van der Waals surface area contributed by atoms with Gasteiger partial charge in [-0.05, 0) is 35.5 Å². The Labute approximate surface area is 160 Å². The molecule has 0 radical (unpaired) electrons. The topological polar surface area (TPSA) is 137 Å². The van der Waals surface area contributed by atoms with E-state index in [1.807, 2.05) is 30.3 Å². The fourth-order valence-electron chi connectivity index (χ4n) is 2.97. The Morgan fingerprint density at radius 3 is 2.86 bits per heavy atom. The molecule has 1 amide bonds. The lowest BCUT2D eigenvalue weighted by atomic mass is 9.96. The Bertz CT molecular complexity index is 1020. The van der Waals surface area contributed by atoms with Crippen LogP contribution in [0.25, 0.3) is 17.1 Å². The molecule has 4 rings (SSSR count). The number of nitrogens with two attached hydrogens (primary N) is 1. The lowest BCUT2D eigenvalue weighted by Crippen LogP contribution is -2.23. The Morgan fingerprint density at radius 2 is 2.14 bits per heavy atom. The summed E-state index contributed by atoms with van der Waals surface area (Å²) in [7, 11) is 0. The molecule has 1 unspecified atom stereocenters. The summed E-state index contributed by atoms with van der Waals surface area (Å²) in [5, 5.41) is 19.5. The number of hydrogen-bond donors (Lipinski definition) is 2. The Morgan fingerprint density at radius 1 is 1.29 bits per heavy atom. The van der Waals surface area contributed by atoms with Crippen LogP contribution in [0.3, 0.4) is 0 Å². The summed E-state index contributed by atoms with van der Waals surface area (Å²) in [6.45, 7) is 0. The zero-order chi connectivity index (χ0) is 19.3. The van der Waals surface area contributed by atoms with Crippen molar-refractivity contribution in [1.29, 1.82) is 0 Å². The first-order chi connectivity index (χ1) is 13.7. The van der Waals surface area contributed by atoms with Gasteiger partial charge in [0.05, 0.1) is 0 Å². The number of nitrogens with zero attached hydrogens (tertiary/aromatic N) is 6. The highest BCUT2D eigenvalue weighted by Crippen LogP contribution is 2.24. The van der Waals surface area contributed by atoms with Crippen LogP contribution in [0.5, 0.6) is 0 Å². The molecule has 0 saturated carbocycles. The smallest absolute Gasteiger partial charge is 0.292 e. The average Bonchev–Trinajstić information content (AvgIpc) is 3.35. The SMILES string of the molecule is Nc1nonc1-n1nnc(-c2ccccc2)c1C(=O)NN=CC1CC=CCC1. The van der Waals surface area contributed by atoms with Crippen LogP contribution in [0.2, 0.25) is 0 Å². The van der Waals surface area contributed by atoms with Crippen molar-refractivity contribution in [3.8, 4) is 17.1 Å². The summed E-state index contributed by atoms with van der Waals surface area (Å²) in [4.78, 5) is 12.9. The minimum atomic E-state index is -0.492. The highest BCUT2D eigenvalue weighted by atomic mass is 16.6. The molecule has 0 spiro atoms. The molecule has 10 heteroatoms. The van der Waals surface area contributed by atoms with E-state index in [0.29, 0.717) is 11.6 Å². The number of nitrogen functional groups attached to an aromatic ring is 1. The molecule has 142 valence electrons. The van der Waals surface area contributed by atoms with E-state index < -0.39 is 5.91 Å². The molecule has 1 atom stereocenters. The van der Waals surface area contributed by atoms with E-state index in [-0.39, 0.29) is 17.3 Å². The van der Waals surface area contributed by atoms with Gasteiger partial charge in [-0.3, -0.25) is 4.79 Å². The predicted molar refractivity (Wildman–Crippen MR) is 102 cm³/mol. The van der Waals surface area contributed by atoms with Crippen LogP contribution >= 0.6 is 0 Å². The predicted octanol–water partition coefficient (Wildman–Crippen LogP) is 1.97. The number of carbonyl (C=O) groups excluding carboxylic acids is 1. The number of anilines is 1. The monoisotopic (exact) mass is 378 g/mol. The van der Waals surface area contributed by atoms with Crippen molar-refractivity contribution in [3.05, 3.63) is 48.2 Å². The summed E-state index contributed by atoms with van der Waals surface area (Å²) in [6, 6.07) is 9.21. The van der Waals surface area contributed by atoms with Crippen LogP contribution in [-0.2, 0) is 0 Å². The Hall–Kier alpha value is -3.82. The highest BCUT2D eigenvalue weighted by molar-refractivity contribution is 5.99. The van der Waals surface area contributed by atoms with Crippen molar-refractivity contribution in [3.63, 3.8) is 0 Å². The van der Waals surface area contributed by atoms with E-state index in [4.69, 9.17) is 5.73 Å². The first-order valence-electron chi connectivity index (χ1n) is 8.82. The zero-order valence-corrected chi connectivity index (χ0v) is 14.9. The molecule has 2 heterocycles. The largest absolute Gasteiger partial charge is 0.378 e. The second-order valence-electron chi connectivity index (χ2n) is 6.30. The summed E-state index contributed by atoms with van der Waals surface area (Å²) in [5.41, 5.74) is 9.54. The fourth-order valence-corrected chi connectivity index (χ4v) is 2.97. The molecular formula is C18H18N8O2. The molecule has 10 nitrogen and oxygen atoms in total. The van der Waals surface area contributed by atoms with Gasteiger partial charge in [-0.25, -0.2) is 10.1 Å². The van der Waals surface area contributed by atoms with Gasteiger partial charge in [-0.2, -0.15) is 9.78 Å². The number of hydrogen-bond acceptors (Lipinski definition) is 8. The molecule has 0 bridgehead atoms. The molecule has 0 aliphatic heterocycles. The van der Waals surface area contributed by atoms with E-state index in [9.17, 15) is 4.79 Å². The van der Waals surface area contributed by atoms with Crippen LogP contribution < -0.4 is 11.2 Å². The first kappa shape index (κ1) is 17.6. The van der Waals surface area contributed by atoms with E-state index in [2.05, 4.69) is 47.9 Å². The van der Waals surface area contributed by atoms with Gasteiger partial charge in [0.15, 0.2) is 5.69 Å². The van der Waals surface area contributed by atoms with Crippen molar-refractivity contribution >= 4 is 17.9 Å². The van der Waals surface area contributed by atoms with Gasteiger partial charge < -0.3 is 5.73 Å². The maximum Gasteiger partial charge on any atom is 0.292 e. The molecule has 28 heavy (non-hydrogen) atoms. The number of benzene rings is 1. The van der Waals surface area contributed by atoms with Crippen molar-refractivity contribution in [2.45, 2.75) is 19.3 Å². The summed E-state index contributed by atoms with van der Waals surface area (Å²) < 4.78 is 5.83. The molecule has 1 aromatic carbocycles. The van der Waals surface area contributed by atoms with Crippen LogP contribution in [0.1, 0.15) is 29.8 Å². The molecule has 2 aromatic heterocycles. The molecular weight excluding hydrogens is 360 g/mol. The third kappa shape index (κ3) is 3.52. The average molecular weight is 378 g/mol. The van der Waals surface area contributed by atoms with Crippen LogP contribution in [0.4, 0.5) is 5.82 Å². The molecule has 3 N–H and O–H groups in total. The first-order valence-corrected chi connectivity index (χ1v) is 8.82. The van der Waals surface area contributed by atoms with Gasteiger partial charge >= 0.3 is 0 Å². The fraction of sp³-hybridized carbons (Fsp3) is 0.222. The van der Waals surface area contributed by atoms with Gasteiger partial charge in [0.2, 0.25) is 11.6 Å². The third-order valence-electron chi connectivity index (χ3n) is 4.39. The minimum absolute atomic E-state index is 0.00365. The summed E-state index contributed by atoms with van der Waals surface area (Å²) >= 11 is 0. The van der Waals surface area contributed by atoms with Crippen LogP contribution in [0, 0.1) is 5.92 Å². The van der Waals surface area contributed by atoms with Crippen molar-refractivity contribution < 1.29 is 9.42 Å². The highest BCUT2D eigenvalue weighted by Gasteiger charge is 2.25. The van der Waals surface area contributed by atoms with Gasteiger partial charge in [0.25, 0.3) is 5.91 Å². The van der Waals surface area contributed by atoms with Crippen LogP contribution in [-0.4, -0.2) is 37.4 Å². The lowest BCUT2D eigenvalue weighted by molar-refractivity contribution is 0.0947. The van der Waals surface area contributed by atoms with Gasteiger partial charge in [-0.1, -0.05) is 47.7 Å². The zero-order valence-electron chi connectivity index (χ0n) is 14.9. The number of carbonyl (C=O) groups is 1.